The van der Waals surface area contributed by atoms with Crippen LogP contribution in [0.1, 0.15) is 48.0 Å². The molecule has 0 spiro atoms. The molecule has 0 saturated carbocycles. The number of hydrogen-bond acceptors (Lipinski definition) is 6. The molecule has 4 nitrogen and oxygen atoms in total. The average molecular weight is 325 g/mol. The molecular weight excluding hydrogens is 296 g/mol. The first-order valence-electron chi connectivity index (χ1n) is 6.94. The Morgan fingerprint density at radius 1 is 1.15 bits per heavy atom. The van der Waals surface area contributed by atoms with E-state index in [2.05, 4.69) is 27.7 Å². The summed E-state index contributed by atoms with van der Waals surface area (Å²) >= 11 is 0. The highest BCUT2D eigenvalue weighted by atomic mass is 33.1. The Morgan fingerprint density at radius 3 is 2.35 bits per heavy atom. The van der Waals surface area contributed by atoms with Crippen LogP contribution in [-0.2, 0) is 14.2 Å². The molecule has 0 bridgehead atoms. The summed E-state index contributed by atoms with van der Waals surface area (Å²) in [4.78, 5) is 11.1. The van der Waals surface area contributed by atoms with Gasteiger partial charge >= 0.3 is 6.16 Å². The molecule has 0 aliphatic carbocycles. The Hall–Kier alpha value is -0.0700. The lowest BCUT2D eigenvalue weighted by Crippen LogP contribution is -2.17. The Kier molecular flexibility index (Phi) is 10.6. The van der Waals surface area contributed by atoms with Gasteiger partial charge in [0.15, 0.2) is 0 Å². The first-order chi connectivity index (χ1) is 9.23. The van der Waals surface area contributed by atoms with E-state index >= 15 is 0 Å². The molecule has 0 atom stereocenters. The molecule has 0 radical (unpaired) electrons. The molecule has 0 unspecified atom stereocenters. The standard InChI is InChI=1S/C14H28O4S2/c1-11(2)9-14(5,6)20-19-10-16-7-8-17-13(15)18-12(3)4/h11-12H,7-10H2,1-6H3. The summed E-state index contributed by atoms with van der Waals surface area (Å²) in [6.45, 7) is 13.1. The van der Waals surface area contributed by atoms with Gasteiger partial charge in [-0.05, 0) is 40.0 Å². The van der Waals surface area contributed by atoms with E-state index in [0.717, 1.165) is 0 Å². The van der Waals surface area contributed by atoms with Crippen molar-refractivity contribution in [2.45, 2.75) is 58.8 Å². The number of carbonyl (C=O) groups is 1. The first-order valence-corrected chi connectivity index (χ1v) is 9.26. The normalized spacial score (nSPS) is 12.0. The quantitative estimate of drug-likeness (QED) is 0.250. The molecule has 6 heteroatoms. The van der Waals surface area contributed by atoms with Crippen LogP contribution in [0.5, 0.6) is 0 Å². The third-order valence-corrected chi connectivity index (χ3v) is 5.09. The highest BCUT2D eigenvalue weighted by molar-refractivity contribution is 8.77. The van der Waals surface area contributed by atoms with Gasteiger partial charge in [-0.2, -0.15) is 0 Å². The second kappa shape index (κ2) is 10.6. The Morgan fingerprint density at radius 2 is 1.80 bits per heavy atom. The van der Waals surface area contributed by atoms with Crippen molar-refractivity contribution in [2.75, 3.05) is 19.2 Å². The largest absolute Gasteiger partial charge is 0.508 e. The van der Waals surface area contributed by atoms with Crippen LogP contribution in [0, 0.1) is 5.92 Å². The van der Waals surface area contributed by atoms with Gasteiger partial charge in [-0.1, -0.05) is 35.4 Å². The maximum absolute atomic E-state index is 11.1. The highest BCUT2D eigenvalue weighted by Crippen LogP contribution is 2.39. The lowest BCUT2D eigenvalue weighted by molar-refractivity contribution is 0.0188. The summed E-state index contributed by atoms with van der Waals surface area (Å²) in [5.41, 5.74) is 0. The van der Waals surface area contributed by atoms with E-state index < -0.39 is 6.16 Å². The van der Waals surface area contributed by atoms with Crippen LogP contribution >= 0.6 is 21.6 Å². The van der Waals surface area contributed by atoms with E-state index in [1.54, 1.807) is 24.6 Å². The van der Waals surface area contributed by atoms with Gasteiger partial charge in [0.2, 0.25) is 0 Å². The van der Waals surface area contributed by atoms with Crippen LogP contribution in [0.15, 0.2) is 0 Å². The van der Waals surface area contributed by atoms with E-state index in [-0.39, 0.29) is 17.5 Å². The summed E-state index contributed by atoms with van der Waals surface area (Å²) in [6.07, 6.45) is 0.386. The Bertz CT molecular complexity index is 268. The van der Waals surface area contributed by atoms with Crippen LogP contribution < -0.4 is 0 Å². The van der Waals surface area contributed by atoms with E-state index in [0.29, 0.717) is 18.5 Å². The maximum Gasteiger partial charge on any atom is 0.508 e. The fraction of sp³-hybridized carbons (Fsp3) is 0.929. The van der Waals surface area contributed by atoms with E-state index in [9.17, 15) is 4.79 Å². The molecule has 0 aromatic heterocycles. The highest BCUT2D eigenvalue weighted by Gasteiger charge is 2.20. The van der Waals surface area contributed by atoms with Crippen LogP contribution in [0.2, 0.25) is 0 Å². The predicted molar refractivity (Wildman–Crippen MR) is 87.1 cm³/mol. The van der Waals surface area contributed by atoms with Gasteiger partial charge < -0.3 is 14.2 Å². The fourth-order valence-electron chi connectivity index (χ4n) is 1.70. The van der Waals surface area contributed by atoms with Gasteiger partial charge in [0, 0.05) is 4.75 Å². The van der Waals surface area contributed by atoms with Gasteiger partial charge in [-0.25, -0.2) is 4.79 Å². The molecule has 120 valence electrons. The molecule has 0 heterocycles. The smallest absolute Gasteiger partial charge is 0.432 e. The zero-order valence-electron chi connectivity index (χ0n) is 13.4. The van der Waals surface area contributed by atoms with Gasteiger partial charge in [0.25, 0.3) is 0 Å². The van der Waals surface area contributed by atoms with Gasteiger partial charge in [-0.15, -0.1) is 0 Å². The van der Waals surface area contributed by atoms with Crippen molar-refractivity contribution in [1.82, 2.24) is 0 Å². The van der Waals surface area contributed by atoms with Crippen LogP contribution in [0.3, 0.4) is 0 Å². The molecule has 0 aromatic rings. The topological polar surface area (TPSA) is 44.8 Å². The zero-order chi connectivity index (χ0) is 15.6. The maximum atomic E-state index is 11.1. The molecule has 0 aliphatic heterocycles. The second-order valence-corrected chi connectivity index (χ2v) is 8.80. The molecule has 0 aromatic carbocycles. The zero-order valence-corrected chi connectivity index (χ0v) is 15.1. The number of rotatable bonds is 10. The van der Waals surface area contributed by atoms with Crippen molar-refractivity contribution in [3.8, 4) is 0 Å². The lowest BCUT2D eigenvalue weighted by Gasteiger charge is -2.25. The SMILES string of the molecule is CC(C)CC(C)(C)SSCOCCOC(=O)OC(C)C. The predicted octanol–water partition coefficient (Wildman–Crippen LogP) is 4.73. The third kappa shape index (κ3) is 12.9. The summed E-state index contributed by atoms with van der Waals surface area (Å²) in [5, 5.41) is 0. The van der Waals surface area contributed by atoms with Gasteiger partial charge in [0.05, 0.1) is 12.7 Å². The number of carbonyl (C=O) groups excluding carboxylic acids is 1. The molecular formula is C14H28O4S2. The fourth-order valence-corrected chi connectivity index (χ4v) is 4.17. The second-order valence-electron chi connectivity index (χ2n) is 5.85. The Balaban J connectivity index is 3.47. The molecule has 0 aliphatic rings. The molecule has 0 rings (SSSR count). The molecule has 0 N–H and O–H groups in total. The van der Waals surface area contributed by atoms with Crippen molar-refractivity contribution in [3.05, 3.63) is 0 Å². The summed E-state index contributed by atoms with van der Waals surface area (Å²) < 4.78 is 15.3. The first kappa shape index (κ1) is 19.9. The number of hydrogen-bond donors (Lipinski definition) is 0. The molecule has 0 amide bonds. The lowest BCUT2D eigenvalue weighted by atomic mass is 10.0. The van der Waals surface area contributed by atoms with Crippen molar-refractivity contribution >= 4 is 27.7 Å². The average Bonchev–Trinajstić information content (AvgIpc) is 2.24. The molecule has 0 saturated heterocycles. The van der Waals surface area contributed by atoms with Crippen LogP contribution in [0.25, 0.3) is 0 Å². The van der Waals surface area contributed by atoms with Crippen molar-refractivity contribution in [3.63, 3.8) is 0 Å². The minimum Gasteiger partial charge on any atom is -0.432 e. The minimum absolute atomic E-state index is 0.154. The van der Waals surface area contributed by atoms with E-state index in [4.69, 9.17) is 14.2 Å². The summed E-state index contributed by atoms with van der Waals surface area (Å²) in [7, 11) is 3.53. The van der Waals surface area contributed by atoms with Crippen molar-refractivity contribution in [1.29, 1.82) is 0 Å². The van der Waals surface area contributed by atoms with E-state index in [1.165, 1.54) is 6.42 Å². The van der Waals surface area contributed by atoms with E-state index in [1.807, 2.05) is 10.8 Å². The van der Waals surface area contributed by atoms with Crippen LogP contribution in [0.4, 0.5) is 4.79 Å². The molecule has 20 heavy (non-hydrogen) atoms. The minimum atomic E-state index is -0.635. The van der Waals surface area contributed by atoms with Crippen LogP contribution in [-0.4, -0.2) is 36.2 Å². The molecule has 0 fully saturated rings. The van der Waals surface area contributed by atoms with Gasteiger partial charge in [-0.3, -0.25) is 0 Å². The summed E-state index contributed by atoms with van der Waals surface area (Å²) in [6, 6.07) is 0. The Labute approximate surface area is 131 Å². The monoisotopic (exact) mass is 324 g/mol. The number of ether oxygens (including phenoxy) is 3. The van der Waals surface area contributed by atoms with Crippen molar-refractivity contribution < 1.29 is 19.0 Å². The third-order valence-electron chi connectivity index (χ3n) is 2.10. The van der Waals surface area contributed by atoms with Crippen molar-refractivity contribution in [2.24, 2.45) is 5.92 Å². The van der Waals surface area contributed by atoms with Gasteiger partial charge in [0.1, 0.15) is 12.5 Å². The summed E-state index contributed by atoms with van der Waals surface area (Å²) in [5.74, 6) is 1.29.